The molecule has 7 nitrogen and oxygen atoms in total. The summed E-state index contributed by atoms with van der Waals surface area (Å²) < 4.78 is 109. The van der Waals surface area contributed by atoms with Crippen molar-refractivity contribution in [3.8, 4) is 28.2 Å². The van der Waals surface area contributed by atoms with Crippen LogP contribution in [0.5, 0.6) is 0 Å². The summed E-state index contributed by atoms with van der Waals surface area (Å²) in [6, 6.07) is 12.7. The number of aromatic nitrogens is 3. The van der Waals surface area contributed by atoms with Crippen LogP contribution in [0.3, 0.4) is 0 Å². The van der Waals surface area contributed by atoms with Crippen molar-refractivity contribution in [2.75, 3.05) is 37.6 Å². The number of benzene rings is 2. The van der Waals surface area contributed by atoms with Crippen LogP contribution in [-0.2, 0) is 6.18 Å². The van der Waals surface area contributed by atoms with Crippen LogP contribution >= 0.6 is 11.6 Å². The van der Waals surface area contributed by atoms with E-state index in [9.17, 15) is 45.0 Å². The Hall–Kier alpha value is -4.24. The first kappa shape index (κ1) is 32.2. The van der Waals surface area contributed by atoms with E-state index in [2.05, 4.69) is 10.1 Å². The maximum atomic E-state index is 14.3. The normalized spacial score (nSPS) is 14.8. The second kappa shape index (κ2) is 12.3. The van der Waals surface area contributed by atoms with E-state index in [4.69, 9.17) is 11.6 Å². The first-order chi connectivity index (χ1) is 21.1. The Morgan fingerprint density at radius 1 is 0.933 bits per heavy atom. The Morgan fingerprint density at radius 2 is 1.64 bits per heavy atom. The maximum absolute atomic E-state index is 14.3. The molecule has 0 amide bonds. The second-order valence-electron chi connectivity index (χ2n) is 10.1. The lowest BCUT2D eigenvalue weighted by Crippen LogP contribution is -2.49. The number of nitrogens with zero attached hydrogens (tertiary/aromatic N) is 5. The Balaban J connectivity index is 1.52. The molecular formula is C29H22ClF8N5O2. The number of carboxylic acid groups (broad SMARTS) is 1. The van der Waals surface area contributed by atoms with Crippen molar-refractivity contribution >= 4 is 23.3 Å². The van der Waals surface area contributed by atoms with Gasteiger partial charge in [0.1, 0.15) is 5.56 Å². The van der Waals surface area contributed by atoms with E-state index in [0.717, 1.165) is 0 Å². The lowest BCUT2D eigenvalue weighted by molar-refractivity contribution is -0.146. The molecule has 1 N–H and O–H groups in total. The fourth-order valence-electron chi connectivity index (χ4n) is 5.21. The van der Waals surface area contributed by atoms with E-state index in [0.29, 0.717) is 22.0 Å². The second-order valence-corrected chi connectivity index (χ2v) is 10.6. The summed E-state index contributed by atoms with van der Waals surface area (Å²) in [5, 5.41) is 13.1. The number of piperazine rings is 1. The van der Waals surface area contributed by atoms with Gasteiger partial charge in [0.2, 0.25) is 0 Å². The number of hydrogen-bond acceptors (Lipinski definition) is 5. The zero-order valence-corrected chi connectivity index (χ0v) is 23.6. The summed E-state index contributed by atoms with van der Waals surface area (Å²) in [7, 11) is 0. The molecule has 4 aromatic rings. The van der Waals surface area contributed by atoms with Crippen molar-refractivity contribution in [3.05, 3.63) is 82.6 Å². The molecule has 238 valence electrons. The van der Waals surface area contributed by atoms with Crippen molar-refractivity contribution < 1.29 is 45.0 Å². The summed E-state index contributed by atoms with van der Waals surface area (Å²) in [6.07, 6.45) is -11.8. The highest BCUT2D eigenvalue weighted by atomic mass is 35.5. The molecule has 0 aliphatic carbocycles. The highest BCUT2D eigenvalue weighted by Gasteiger charge is 2.41. The highest BCUT2D eigenvalue weighted by molar-refractivity contribution is 6.31. The fraction of sp³-hybridized carbons (Fsp3) is 0.276. The minimum atomic E-state index is -5.08. The van der Waals surface area contributed by atoms with Gasteiger partial charge in [0.25, 0.3) is 6.43 Å². The monoisotopic (exact) mass is 659 g/mol. The van der Waals surface area contributed by atoms with Gasteiger partial charge in [0, 0.05) is 48.0 Å². The van der Waals surface area contributed by atoms with Crippen LogP contribution < -0.4 is 4.90 Å². The molecule has 0 bridgehead atoms. The number of carbonyl (C=O) groups is 1. The predicted octanol–water partition coefficient (Wildman–Crippen LogP) is 7.59. The molecule has 3 heterocycles. The molecule has 16 heteroatoms. The molecule has 1 fully saturated rings. The fourth-order valence-corrected chi connectivity index (χ4v) is 5.38. The smallest absolute Gasteiger partial charge is 0.434 e. The third-order valence-electron chi connectivity index (χ3n) is 7.17. The Morgan fingerprint density at radius 3 is 2.27 bits per heavy atom. The number of alkyl halides is 8. The largest absolute Gasteiger partial charge is 0.478 e. The molecule has 0 unspecified atom stereocenters. The van der Waals surface area contributed by atoms with Crippen LogP contribution in [0.2, 0.25) is 5.02 Å². The lowest BCUT2D eigenvalue weighted by Gasteiger charge is -2.37. The topological polar surface area (TPSA) is 74.5 Å². The molecule has 1 aliphatic heterocycles. The molecule has 2 aromatic heterocycles. The van der Waals surface area contributed by atoms with Crippen molar-refractivity contribution in [2.24, 2.45) is 0 Å². The molecule has 5 rings (SSSR count). The molecule has 0 spiro atoms. The number of rotatable bonds is 7. The third kappa shape index (κ3) is 7.04. The van der Waals surface area contributed by atoms with Crippen LogP contribution in [0.1, 0.15) is 28.0 Å². The Bertz CT molecular complexity index is 1720. The molecule has 45 heavy (non-hydrogen) atoms. The number of aromatic carboxylic acids is 1. The van der Waals surface area contributed by atoms with E-state index in [1.54, 1.807) is 11.0 Å². The summed E-state index contributed by atoms with van der Waals surface area (Å²) >= 11 is 6.23. The van der Waals surface area contributed by atoms with E-state index in [-0.39, 0.29) is 59.5 Å². The van der Waals surface area contributed by atoms with Crippen molar-refractivity contribution in [2.45, 2.75) is 18.8 Å². The molecule has 2 aromatic carbocycles. The third-order valence-corrected chi connectivity index (χ3v) is 7.40. The number of anilines is 1. The Kier molecular flexibility index (Phi) is 8.77. The average molecular weight is 660 g/mol. The molecule has 0 saturated carbocycles. The summed E-state index contributed by atoms with van der Waals surface area (Å²) in [5.74, 6) is -2.19. The maximum Gasteiger partial charge on any atom is 0.434 e. The van der Waals surface area contributed by atoms with Crippen LogP contribution in [0, 0.1) is 0 Å². The number of hydrogen-bond donors (Lipinski definition) is 1. The van der Waals surface area contributed by atoms with Gasteiger partial charge in [0.15, 0.2) is 11.5 Å². The number of pyridine rings is 1. The highest BCUT2D eigenvalue weighted by Crippen LogP contribution is 2.39. The van der Waals surface area contributed by atoms with Crippen LogP contribution in [0.25, 0.3) is 28.2 Å². The van der Waals surface area contributed by atoms with E-state index in [1.807, 2.05) is 0 Å². The van der Waals surface area contributed by atoms with Gasteiger partial charge in [-0.3, -0.25) is 4.90 Å². The van der Waals surface area contributed by atoms with Crippen LogP contribution in [-0.4, -0.2) is 69.6 Å². The minimum absolute atomic E-state index is 0.0353. The molecular weight excluding hydrogens is 638 g/mol. The van der Waals surface area contributed by atoms with E-state index < -0.39 is 42.5 Å². The molecule has 1 saturated heterocycles. The van der Waals surface area contributed by atoms with Gasteiger partial charge in [-0.05, 0) is 47.5 Å². The lowest BCUT2D eigenvalue weighted by atomic mass is 9.95. The molecule has 0 atom stereocenters. The van der Waals surface area contributed by atoms with Gasteiger partial charge in [-0.25, -0.2) is 23.2 Å². The van der Waals surface area contributed by atoms with E-state index in [1.165, 1.54) is 53.4 Å². The van der Waals surface area contributed by atoms with Gasteiger partial charge in [0.05, 0.1) is 18.4 Å². The van der Waals surface area contributed by atoms with Crippen LogP contribution in [0.4, 0.5) is 40.8 Å². The molecule has 1 aliphatic rings. The first-order valence-electron chi connectivity index (χ1n) is 13.2. The zero-order chi connectivity index (χ0) is 32.7. The number of halogens is 9. The van der Waals surface area contributed by atoms with Gasteiger partial charge in [-0.15, -0.1) is 0 Å². The van der Waals surface area contributed by atoms with Gasteiger partial charge >= 0.3 is 18.3 Å². The average Bonchev–Trinajstić information content (AvgIpc) is 3.44. The van der Waals surface area contributed by atoms with Gasteiger partial charge in [-0.2, -0.15) is 31.4 Å². The van der Waals surface area contributed by atoms with Gasteiger partial charge < -0.3 is 10.0 Å². The Labute approximate surface area is 255 Å². The van der Waals surface area contributed by atoms with Crippen molar-refractivity contribution in [1.29, 1.82) is 0 Å². The standard InChI is InChI=1S/C29H22ClF8N5O2/c30-17-5-6-18(16-4-7-23(20(12-16)26(31)32)42-10-8-41(9-11-42)15-28(33,34)35)19(13-17)22-2-1-3-24(40-22)43-25(29(36,37)38)21(14-39-43)27(44)45/h1-7,12-14,26H,8-11,15H2,(H,44,45). The first-order valence-corrected chi connectivity index (χ1v) is 13.6. The van der Waals surface area contributed by atoms with E-state index >= 15 is 0 Å². The minimum Gasteiger partial charge on any atom is -0.478 e. The summed E-state index contributed by atoms with van der Waals surface area (Å²) in [6.45, 7) is -0.806. The van der Waals surface area contributed by atoms with Crippen molar-refractivity contribution in [3.63, 3.8) is 0 Å². The van der Waals surface area contributed by atoms with Gasteiger partial charge in [-0.1, -0.05) is 29.8 Å². The summed E-state index contributed by atoms with van der Waals surface area (Å²) in [4.78, 5) is 18.5. The SMILES string of the molecule is O=C(O)c1cnn(-c2cccc(-c3cc(Cl)ccc3-c3ccc(N4CCN(CC(F)(F)F)CC4)c(C(F)F)c3)n2)c1C(F)(F)F. The van der Waals surface area contributed by atoms with Crippen molar-refractivity contribution in [1.82, 2.24) is 19.7 Å². The quantitative estimate of drug-likeness (QED) is 0.206. The zero-order valence-electron chi connectivity index (χ0n) is 22.9. The summed E-state index contributed by atoms with van der Waals surface area (Å²) in [5.41, 5.74) is -1.77. The van der Waals surface area contributed by atoms with Crippen LogP contribution in [0.15, 0.2) is 60.8 Å². The molecule has 0 radical (unpaired) electrons. The number of carboxylic acids is 1. The predicted molar refractivity (Wildman–Crippen MR) is 149 cm³/mol.